The van der Waals surface area contributed by atoms with E-state index in [2.05, 4.69) is 36.5 Å². The molecular weight excluding hydrogens is 246 g/mol. The maximum absolute atomic E-state index is 6.15. The van der Waals surface area contributed by atoms with Crippen LogP contribution in [0.5, 0.6) is 0 Å². The van der Waals surface area contributed by atoms with E-state index in [-0.39, 0.29) is 0 Å². The molecule has 0 radical (unpaired) electrons. The fraction of sp³-hybridized carbons (Fsp3) is 0.667. The second kappa shape index (κ2) is 6.73. The molecule has 0 aliphatic heterocycles. The summed E-state index contributed by atoms with van der Waals surface area (Å²) in [6, 6.07) is 9.48. The first kappa shape index (κ1) is 14.1. The van der Waals surface area contributed by atoms with Crippen molar-refractivity contribution in [3.63, 3.8) is 0 Å². The molecule has 20 heavy (non-hydrogen) atoms. The quantitative estimate of drug-likeness (QED) is 0.845. The van der Waals surface area contributed by atoms with Gasteiger partial charge >= 0.3 is 0 Å². The van der Waals surface area contributed by atoms with Gasteiger partial charge in [-0.3, -0.25) is 0 Å². The Balaban J connectivity index is 1.50. The average Bonchev–Trinajstić information content (AvgIpc) is 3.30. The molecule has 0 saturated heterocycles. The SMILES string of the molecule is CC1CCC(OCc2ccccc2CNC2CC2)CC1. The van der Waals surface area contributed by atoms with E-state index in [1.807, 2.05) is 0 Å². The molecule has 2 fully saturated rings. The van der Waals surface area contributed by atoms with Crippen LogP contribution >= 0.6 is 0 Å². The highest BCUT2D eigenvalue weighted by Crippen LogP contribution is 2.26. The predicted octanol–water partition coefficient (Wildman–Crippen LogP) is 4.03. The monoisotopic (exact) mass is 273 g/mol. The van der Waals surface area contributed by atoms with Crippen LogP contribution in [-0.4, -0.2) is 12.1 Å². The zero-order valence-electron chi connectivity index (χ0n) is 12.6. The third-order valence-electron chi connectivity index (χ3n) is 4.71. The lowest BCUT2D eigenvalue weighted by atomic mass is 9.89. The molecule has 2 aliphatic rings. The number of nitrogens with one attached hydrogen (secondary N) is 1. The fourth-order valence-electron chi connectivity index (χ4n) is 3.02. The molecule has 2 heteroatoms. The summed E-state index contributed by atoms with van der Waals surface area (Å²) in [5, 5.41) is 3.60. The van der Waals surface area contributed by atoms with Crippen molar-refractivity contribution in [1.82, 2.24) is 5.32 Å². The zero-order chi connectivity index (χ0) is 13.8. The molecular formula is C18H27NO. The minimum Gasteiger partial charge on any atom is -0.374 e. The summed E-state index contributed by atoms with van der Waals surface area (Å²) in [7, 11) is 0. The Morgan fingerprint density at radius 2 is 1.70 bits per heavy atom. The summed E-state index contributed by atoms with van der Waals surface area (Å²) < 4.78 is 6.15. The Kier molecular flexibility index (Phi) is 4.74. The second-order valence-electron chi connectivity index (χ2n) is 6.62. The molecule has 2 aliphatic carbocycles. The standard InChI is InChI=1S/C18H27NO/c1-14-6-10-18(11-7-14)20-13-16-5-3-2-4-15(16)12-19-17-8-9-17/h2-5,14,17-19H,6-13H2,1H3. The van der Waals surface area contributed by atoms with Crippen LogP contribution in [0.1, 0.15) is 56.6 Å². The lowest BCUT2D eigenvalue weighted by Crippen LogP contribution is -2.21. The Labute approximate surface area is 122 Å². The highest BCUT2D eigenvalue weighted by atomic mass is 16.5. The van der Waals surface area contributed by atoms with Crippen molar-refractivity contribution in [3.05, 3.63) is 35.4 Å². The maximum atomic E-state index is 6.15. The predicted molar refractivity (Wildman–Crippen MR) is 82.5 cm³/mol. The van der Waals surface area contributed by atoms with Gasteiger partial charge in [-0.1, -0.05) is 31.2 Å². The summed E-state index contributed by atoms with van der Waals surface area (Å²) in [4.78, 5) is 0. The van der Waals surface area contributed by atoms with Gasteiger partial charge in [0.1, 0.15) is 0 Å². The van der Waals surface area contributed by atoms with Gasteiger partial charge < -0.3 is 10.1 Å². The summed E-state index contributed by atoms with van der Waals surface area (Å²) in [6.07, 6.45) is 8.31. The third-order valence-corrected chi connectivity index (χ3v) is 4.71. The van der Waals surface area contributed by atoms with E-state index < -0.39 is 0 Å². The highest BCUT2D eigenvalue weighted by Gasteiger charge is 2.21. The van der Waals surface area contributed by atoms with E-state index in [0.29, 0.717) is 6.10 Å². The van der Waals surface area contributed by atoms with Gasteiger partial charge in [-0.05, 0) is 55.6 Å². The number of rotatable bonds is 6. The van der Waals surface area contributed by atoms with Crippen LogP contribution in [0, 0.1) is 5.92 Å². The Morgan fingerprint density at radius 1 is 1.00 bits per heavy atom. The van der Waals surface area contributed by atoms with Crippen LogP contribution in [0.25, 0.3) is 0 Å². The average molecular weight is 273 g/mol. The van der Waals surface area contributed by atoms with Crippen LogP contribution in [0.4, 0.5) is 0 Å². The number of hydrogen-bond donors (Lipinski definition) is 1. The minimum absolute atomic E-state index is 0.482. The molecule has 0 unspecified atom stereocenters. The van der Waals surface area contributed by atoms with E-state index in [1.54, 1.807) is 0 Å². The molecule has 1 aromatic rings. The van der Waals surface area contributed by atoms with E-state index in [9.17, 15) is 0 Å². The van der Waals surface area contributed by atoms with Gasteiger partial charge in [0, 0.05) is 12.6 Å². The van der Waals surface area contributed by atoms with Crippen LogP contribution < -0.4 is 5.32 Å². The number of benzene rings is 1. The van der Waals surface area contributed by atoms with Gasteiger partial charge in [-0.2, -0.15) is 0 Å². The molecule has 110 valence electrons. The molecule has 2 nitrogen and oxygen atoms in total. The van der Waals surface area contributed by atoms with Gasteiger partial charge in [-0.25, -0.2) is 0 Å². The van der Waals surface area contributed by atoms with Crippen LogP contribution in [0.15, 0.2) is 24.3 Å². The highest BCUT2D eigenvalue weighted by molar-refractivity contribution is 5.26. The molecule has 1 aromatic carbocycles. The van der Waals surface area contributed by atoms with Gasteiger partial charge in [0.05, 0.1) is 12.7 Å². The van der Waals surface area contributed by atoms with Crippen molar-refractivity contribution in [2.45, 2.75) is 70.7 Å². The van der Waals surface area contributed by atoms with Crippen molar-refractivity contribution in [1.29, 1.82) is 0 Å². The lowest BCUT2D eigenvalue weighted by Gasteiger charge is -2.26. The summed E-state index contributed by atoms with van der Waals surface area (Å²) in [6.45, 7) is 4.13. The van der Waals surface area contributed by atoms with Crippen LogP contribution in [-0.2, 0) is 17.9 Å². The molecule has 0 aromatic heterocycles. The lowest BCUT2D eigenvalue weighted by molar-refractivity contribution is 0.00845. The maximum Gasteiger partial charge on any atom is 0.0723 e. The van der Waals surface area contributed by atoms with Crippen LogP contribution in [0.2, 0.25) is 0 Å². The summed E-state index contributed by atoms with van der Waals surface area (Å²) >= 11 is 0. The van der Waals surface area contributed by atoms with Gasteiger partial charge in [-0.15, -0.1) is 0 Å². The normalized spacial score (nSPS) is 26.6. The summed E-state index contributed by atoms with van der Waals surface area (Å²) in [5.74, 6) is 0.893. The Bertz CT molecular complexity index is 419. The van der Waals surface area contributed by atoms with Crippen molar-refractivity contribution in [2.75, 3.05) is 0 Å². The smallest absolute Gasteiger partial charge is 0.0723 e. The first-order chi connectivity index (χ1) is 9.81. The Hall–Kier alpha value is -0.860. The van der Waals surface area contributed by atoms with Crippen molar-refractivity contribution < 1.29 is 4.74 Å². The Morgan fingerprint density at radius 3 is 2.40 bits per heavy atom. The number of hydrogen-bond acceptors (Lipinski definition) is 2. The van der Waals surface area contributed by atoms with E-state index in [4.69, 9.17) is 4.74 Å². The fourth-order valence-corrected chi connectivity index (χ4v) is 3.02. The molecule has 0 atom stereocenters. The van der Waals surface area contributed by atoms with Crippen molar-refractivity contribution in [3.8, 4) is 0 Å². The van der Waals surface area contributed by atoms with Gasteiger partial charge in [0.25, 0.3) is 0 Å². The zero-order valence-corrected chi connectivity index (χ0v) is 12.6. The molecule has 0 bridgehead atoms. The van der Waals surface area contributed by atoms with Crippen molar-refractivity contribution >= 4 is 0 Å². The topological polar surface area (TPSA) is 21.3 Å². The molecule has 2 saturated carbocycles. The third kappa shape index (κ3) is 4.07. The van der Waals surface area contributed by atoms with E-state index in [1.165, 1.54) is 49.7 Å². The largest absolute Gasteiger partial charge is 0.374 e. The molecule has 3 rings (SSSR count). The van der Waals surface area contributed by atoms with Crippen LogP contribution in [0.3, 0.4) is 0 Å². The molecule has 0 amide bonds. The van der Waals surface area contributed by atoms with Gasteiger partial charge in [0.2, 0.25) is 0 Å². The number of ether oxygens (including phenoxy) is 1. The summed E-state index contributed by atoms with van der Waals surface area (Å²) in [5.41, 5.74) is 2.77. The molecule has 0 spiro atoms. The second-order valence-corrected chi connectivity index (χ2v) is 6.62. The molecule has 0 heterocycles. The van der Waals surface area contributed by atoms with E-state index in [0.717, 1.165) is 25.1 Å². The minimum atomic E-state index is 0.482. The first-order valence-corrected chi connectivity index (χ1v) is 8.23. The molecule has 1 N–H and O–H groups in total. The van der Waals surface area contributed by atoms with Crippen molar-refractivity contribution in [2.24, 2.45) is 5.92 Å². The van der Waals surface area contributed by atoms with Gasteiger partial charge in [0.15, 0.2) is 0 Å². The van der Waals surface area contributed by atoms with E-state index >= 15 is 0 Å². The first-order valence-electron chi connectivity index (χ1n) is 8.23.